The first kappa shape index (κ1) is 15.0. The average Bonchev–Trinajstić information content (AvgIpc) is 3.14. The first-order valence-corrected chi connectivity index (χ1v) is 7.18. The topological polar surface area (TPSA) is 109 Å². The summed E-state index contributed by atoms with van der Waals surface area (Å²) in [5.41, 5.74) is 6.40. The minimum absolute atomic E-state index is 0.233. The number of primary amides is 1. The van der Waals surface area contributed by atoms with Crippen LogP contribution in [0.25, 0.3) is 0 Å². The monoisotopic (exact) mass is 331 g/mol. The molecule has 0 saturated heterocycles. The first-order valence-electron chi connectivity index (χ1n) is 6.80. The van der Waals surface area contributed by atoms with Crippen LogP contribution in [-0.2, 0) is 6.54 Å². The Balaban J connectivity index is 1.82. The molecule has 0 bridgehead atoms. The zero-order valence-corrected chi connectivity index (χ0v) is 12.7. The molecule has 118 valence electrons. The van der Waals surface area contributed by atoms with Crippen molar-refractivity contribution in [3.8, 4) is 0 Å². The number of rotatable bonds is 6. The second-order valence-electron chi connectivity index (χ2n) is 4.75. The third-order valence-electron chi connectivity index (χ3n) is 3.12. The van der Waals surface area contributed by atoms with Gasteiger partial charge >= 0.3 is 0 Å². The van der Waals surface area contributed by atoms with E-state index in [0.717, 1.165) is 5.76 Å². The van der Waals surface area contributed by atoms with Gasteiger partial charge in [-0.05, 0) is 30.3 Å². The average molecular weight is 332 g/mol. The smallest absolute Gasteiger partial charge is 0.256 e. The summed E-state index contributed by atoms with van der Waals surface area (Å²) in [5, 5.41) is 13.5. The zero-order valence-electron chi connectivity index (χ0n) is 12.0. The lowest BCUT2D eigenvalue weighted by atomic mass is 10.2. The van der Waals surface area contributed by atoms with Crippen molar-refractivity contribution in [2.24, 2.45) is 5.73 Å². The van der Waals surface area contributed by atoms with Crippen molar-refractivity contribution < 1.29 is 9.21 Å². The van der Waals surface area contributed by atoms with Gasteiger partial charge in [0.25, 0.3) is 5.91 Å². The molecule has 5 N–H and O–H groups in total. The molecule has 0 spiro atoms. The number of benzene rings is 1. The van der Waals surface area contributed by atoms with Gasteiger partial charge in [-0.15, -0.1) is 0 Å². The highest BCUT2D eigenvalue weighted by molar-refractivity contribution is 6.30. The SMILES string of the molecule is NC(=O)c1c(Nc2cccc(Cl)c2)n[nH]c1NCc1ccco1. The number of furan rings is 1. The van der Waals surface area contributed by atoms with Crippen LogP contribution in [0.5, 0.6) is 0 Å². The molecule has 3 aromatic rings. The molecule has 7 nitrogen and oxygen atoms in total. The van der Waals surface area contributed by atoms with E-state index in [-0.39, 0.29) is 5.56 Å². The maximum atomic E-state index is 11.8. The van der Waals surface area contributed by atoms with E-state index in [9.17, 15) is 4.79 Å². The van der Waals surface area contributed by atoms with E-state index in [1.165, 1.54) is 0 Å². The van der Waals surface area contributed by atoms with E-state index in [4.69, 9.17) is 21.8 Å². The van der Waals surface area contributed by atoms with Crippen LogP contribution >= 0.6 is 11.6 Å². The maximum Gasteiger partial charge on any atom is 0.256 e. The fraction of sp³-hybridized carbons (Fsp3) is 0.0667. The number of anilines is 3. The van der Waals surface area contributed by atoms with Crippen molar-refractivity contribution in [3.05, 3.63) is 59.0 Å². The fourth-order valence-corrected chi connectivity index (χ4v) is 2.28. The van der Waals surface area contributed by atoms with E-state index in [1.807, 2.05) is 6.07 Å². The highest BCUT2D eigenvalue weighted by Gasteiger charge is 2.18. The van der Waals surface area contributed by atoms with Crippen LogP contribution in [0.4, 0.5) is 17.3 Å². The number of hydrogen-bond acceptors (Lipinski definition) is 5. The molecule has 2 heterocycles. The van der Waals surface area contributed by atoms with Gasteiger partial charge in [-0.25, -0.2) is 0 Å². The van der Waals surface area contributed by atoms with Crippen molar-refractivity contribution in [1.82, 2.24) is 10.2 Å². The Morgan fingerprint density at radius 3 is 2.91 bits per heavy atom. The fourth-order valence-electron chi connectivity index (χ4n) is 2.09. The molecule has 0 aliphatic heterocycles. The Hall–Kier alpha value is -2.93. The molecule has 0 saturated carbocycles. The summed E-state index contributed by atoms with van der Waals surface area (Å²) in [6, 6.07) is 10.7. The number of H-pyrrole nitrogens is 1. The quantitative estimate of drug-likeness (QED) is 0.555. The lowest BCUT2D eigenvalue weighted by molar-refractivity contribution is 0.100. The van der Waals surface area contributed by atoms with Crippen molar-refractivity contribution in [2.75, 3.05) is 10.6 Å². The molecule has 3 rings (SSSR count). The molecule has 0 radical (unpaired) electrons. The summed E-state index contributed by atoms with van der Waals surface area (Å²) in [7, 11) is 0. The Kier molecular flexibility index (Phi) is 4.20. The van der Waals surface area contributed by atoms with Gasteiger partial charge in [0, 0.05) is 10.7 Å². The number of halogens is 1. The Labute approximate surface area is 136 Å². The molecular formula is C15H14ClN5O2. The van der Waals surface area contributed by atoms with Crippen LogP contribution in [0.3, 0.4) is 0 Å². The van der Waals surface area contributed by atoms with Gasteiger partial charge in [0.1, 0.15) is 17.1 Å². The molecule has 1 amide bonds. The minimum Gasteiger partial charge on any atom is -0.467 e. The number of aromatic nitrogens is 2. The number of carbonyl (C=O) groups excluding carboxylic acids is 1. The summed E-state index contributed by atoms with van der Waals surface area (Å²) in [6.07, 6.45) is 1.57. The van der Waals surface area contributed by atoms with Gasteiger partial charge in [-0.2, -0.15) is 5.10 Å². The van der Waals surface area contributed by atoms with Crippen LogP contribution in [-0.4, -0.2) is 16.1 Å². The van der Waals surface area contributed by atoms with Gasteiger partial charge in [0.2, 0.25) is 0 Å². The van der Waals surface area contributed by atoms with Crippen molar-refractivity contribution in [3.63, 3.8) is 0 Å². The number of nitrogens with one attached hydrogen (secondary N) is 3. The number of aromatic amines is 1. The summed E-state index contributed by atoms with van der Waals surface area (Å²) < 4.78 is 5.23. The molecule has 1 aromatic carbocycles. The Bertz CT molecular complexity index is 813. The lowest BCUT2D eigenvalue weighted by Crippen LogP contribution is -2.15. The summed E-state index contributed by atoms with van der Waals surface area (Å²) >= 11 is 5.94. The predicted octanol–water partition coefficient (Wildman–Crippen LogP) is 3.11. The van der Waals surface area contributed by atoms with Crippen LogP contribution in [0, 0.1) is 0 Å². The van der Waals surface area contributed by atoms with Gasteiger partial charge in [0.15, 0.2) is 5.82 Å². The Morgan fingerprint density at radius 2 is 2.22 bits per heavy atom. The second kappa shape index (κ2) is 6.45. The summed E-state index contributed by atoms with van der Waals surface area (Å²) in [5.74, 6) is 0.852. The van der Waals surface area contributed by atoms with Gasteiger partial charge in [-0.1, -0.05) is 17.7 Å². The van der Waals surface area contributed by atoms with Gasteiger partial charge < -0.3 is 20.8 Å². The van der Waals surface area contributed by atoms with E-state index >= 15 is 0 Å². The number of hydrogen-bond donors (Lipinski definition) is 4. The molecule has 2 aromatic heterocycles. The van der Waals surface area contributed by atoms with Gasteiger partial charge in [0.05, 0.1) is 12.8 Å². The van der Waals surface area contributed by atoms with E-state index in [0.29, 0.717) is 28.9 Å². The highest BCUT2D eigenvalue weighted by atomic mass is 35.5. The standard InChI is InChI=1S/C15H14ClN5O2/c16-9-3-1-4-10(7-9)19-15-12(13(17)22)14(20-21-15)18-8-11-5-2-6-23-11/h1-7H,8H2,(H2,17,22)(H3,18,19,20,21). The van der Waals surface area contributed by atoms with Crippen LogP contribution in [0.1, 0.15) is 16.1 Å². The molecular weight excluding hydrogens is 318 g/mol. The van der Waals surface area contributed by atoms with Crippen LogP contribution in [0.2, 0.25) is 5.02 Å². The largest absolute Gasteiger partial charge is 0.467 e. The molecule has 0 aliphatic carbocycles. The molecule has 23 heavy (non-hydrogen) atoms. The zero-order chi connectivity index (χ0) is 16.2. The summed E-state index contributed by atoms with van der Waals surface area (Å²) in [4.78, 5) is 11.8. The van der Waals surface area contributed by atoms with E-state index in [2.05, 4.69) is 20.8 Å². The van der Waals surface area contributed by atoms with Crippen molar-refractivity contribution in [1.29, 1.82) is 0 Å². The third-order valence-corrected chi connectivity index (χ3v) is 3.35. The number of nitrogens with zero attached hydrogens (tertiary/aromatic N) is 1. The molecule has 0 atom stereocenters. The van der Waals surface area contributed by atoms with Crippen molar-refractivity contribution in [2.45, 2.75) is 6.54 Å². The molecule has 0 aliphatic rings. The molecule has 0 unspecified atom stereocenters. The third kappa shape index (κ3) is 3.46. The predicted molar refractivity (Wildman–Crippen MR) is 87.9 cm³/mol. The summed E-state index contributed by atoms with van der Waals surface area (Å²) in [6.45, 7) is 0.395. The number of carbonyl (C=O) groups is 1. The molecule has 8 heteroatoms. The van der Waals surface area contributed by atoms with Crippen LogP contribution < -0.4 is 16.4 Å². The Morgan fingerprint density at radius 1 is 1.35 bits per heavy atom. The van der Waals surface area contributed by atoms with E-state index < -0.39 is 5.91 Å². The van der Waals surface area contributed by atoms with Crippen molar-refractivity contribution >= 4 is 34.8 Å². The van der Waals surface area contributed by atoms with E-state index in [1.54, 1.807) is 36.6 Å². The first-order chi connectivity index (χ1) is 11.1. The van der Waals surface area contributed by atoms with Crippen LogP contribution in [0.15, 0.2) is 47.1 Å². The van der Waals surface area contributed by atoms with Gasteiger partial charge in [-0.3, -0.25) is 9.89 Å². The number of nitrogens with two attached hydrogens (primary N) is 1. The molecule has 0 fully saturated rings. The normalized spacial score (nSPS) is 10.5. The second-order valence-corrected chi connectivity index (χ2v) is 5.19. The minimum atomic E-state index is -0.606. The maximum absolute atomic E-state index is 11.8. The lowest BCUT2D eigenvalue weighted by Gasteiger charge is -2.06. The number of amides is 1. The highest BCUT2D eigenvalue weighted by Crippen LogP contribution is 2.26.